The molecule has 0 spiro atoms. The molecule has 0 saturated carbocycles. The lowest BCUT2D eigenvalue weighted by molar-refractivity contribution is -0.421. The van der Waals surface area contributed by atoms with Gasteiger partial charge in [-0.2, -0.15) is 0 Å². The Kier molecular flexibility index (Phi) is 4.53. The van der Waals surface area contributed by atoms with Crippen molar-refractivity contribution in [3.05, 3.63) is 63.5 Å². The first-order valence-corrected chi connectivity index (χ1v) is 6.65. The van der Waals surface area contributed by atoms with Gasteiger partial charge in [-0.1, -0.05) is 18.2 Å². The number of rotatable bonds is 5. The molecular weight excluding hydrogens is 256 g/mol. The Bertz CT molecular complexity index is 545. The van der Waals surface area contributed by atoms with Crippen LogP contribution in [0.1, 0.15) is 25.3 Å². The van der Waals surface area contributed by atoms with Gasteiger partial charge >= 0.3 is 0 Å². The lowest BCUT2D eigenvalue weighted by Crippen LogP contribution is -2.12. The summed E-state index contributed by atoms with van der Waals surface area (Å²) in [6.07, 6.45) is 5.22. The number of aliphatic hydroxyl groups is 1. The molecule has 1 atom stereocenters. The maximum absolute atomic E-state index is 11.0. The third kappa shape index (κ3) is 3.68. The lowest BCUT2D eigenvalue weighted by atomic mass is 10.1. The average Bonchev–Trinajstić information content (AvgIpc) is 2.41. The molecule has 0 aliphatic heterocycles. The van der Waals surface area contributed by atoms with E-state index in [1.807, 2.05) is 30.3 Å². The number of nitrogens with zero attached hydrogens (tertiary/aromatic N) is 1. The van der Waals surface area contributed by atoms with Crippen molar-refractivity contribution < 1.29 is 10.0 Å². The van der Waals surface area contributed by atoms with Crippen LogP contribution in [0.5, 0.6) is 0 Å². The molecule has 1 aliphatic carbocycles. The van der Waals surface area contributed by atoms with Crippen LogP contribution in [-0.4, -0.2) is 16.1 Å². The second-order valence-electron chi connectivity index (χ2n) is 4.92. The van der Waals surface area contributed by atoms with Gasteiger partial charge < -0.3 is 10.4 Å². The second-order valence-corrected chi connectivity index (χ2v) is 4.92. The molecule has 0 fully saturated rings. The van der Waals surface area contributed by atoms with E-state index in [0.29, 0.717) is 18.5 Å². The molecule has 0 aromatic heterocycles. The van der Waals surface area contributed by atoms with E-state index in [-0.39, 0.29) is 16.7 Å². The fourth-order valence-corrected chi connectivity index (χ4v) is 2.17. The van der Waals surface area contributed by atoms with Gasteiger partial charge in [-0.25, -0.2) is 0 Å². The van der Waals surface area contributed by atoms with Gasteiger partial charge in [0, 0.05) is 5.69 Å². The third-order valence-corrected chi connectivity index (χ3v) is 3.09. The van der Waals surface area contributed by atoms with Gasteiger partial charge in [0.05, 0.1) is 11.0 Å². The Morgan fingerprint density at radius 3 is 2.55 bits per heavy atom. The highest BCUT2D eigenvalue weighted by Gasteiger charge is 2.19. The molecule has 106 valence electrons. The maximum Gasteiger partial charge on any atom is 0.288 e. The minimum atomic E-state index is -0.376. The minimum absolute atomic E-state index is 0.129. The average molecular weight is 274 g/mol. The normalized spacial score (nSPS) is 16.1. The van der Waals surface area contributed by atoms with E-state index in [9.17, 15) is 15.2 Å². The highest BCUT2D eigenvalue weighted by molar-refractivity contribution is 5.53. The highest BCUT2D eigenvalue weighted by atomic mass is 16.6. The molecule has 1 aromatic rings. The zero-order chi connectivity index (χ0) is 14.5. The van der Waals surface area contributed by atoms with Crippen LogP contribution in [0.15, 0.2) is 47.8 Å². The minimum Gasteiger partial charge on any atom is -0.393 e. The standard InChI is InChI=1S/C15H18N2O3/c1-11(18)10-12-6-8-13(9-7-12)16-14-4-2-3-5-15(14)17(19)20/h4-9,11,16,18H,2-3,10H2,1H3/t11-/m1/s1. The molecule has 2 rings (SSSR count). The number of nitrogens with one attached hydrogen (secondary N) is 1. The van der Waals surface area contributed by atoms with Gasteiger partial charge in [0.1, 0.15) is 5.70 Å². The number of anilines is 1. The van der Waals surface area contributed by atoms with Gasteiger partial charge in [0.2, 0.25) is 0 Å². The van der Waals surface area contributed by atoms with E-state index in [1.54, 1.807) is 13.0 Å². The molecule has 0 bridgehead atoms. The predicted octanol–water partition coefficient (Wildman–Crippen LogP) is 2.86. The molecule has 0 amide bonds. The van der Waals surface area contributed by atoms with E-state index in [0.717, 1.165) is 17.7 Å². The summed E-state index contributed by atoms with van der Waals surface area (Å²) in [5, 5.41) is 23.4. The fraction of sp³-hybridized carbons (Fsp3) is 0.333. The summed E-state index contributed by atoms with van der Waals surface area (Å²) in [4.78, 5) is 10.6. The van der Waals surface area contributed by atoms with Crippen molar-refractivity contribution >= 4 is 5.69 Å². The third-order valence-electron chi connectivity index (χ3n) is 3.09. The molecule has 0 radical (unpaired) electrons. The van der Waals surface area contributed by atoms with Gasteiger partial charge in [0.25, 0.3) is 5.70 Å². The Labute approximate surface area is 117 Å². The van der Waals surface area contributed by atoms with E-state index in [1.165, 1.54) is 0 Å². The summed E-state index contributed by atoms with van der Waals surface area (Å²) in [7, 11) is 0. The Morgan fingerprint density at radius 2 is 1.95 bits per heavy atom. The maximum atomic E-state index is 11.0. The zero-order valence-corrected chi connectivity index (χ0v) is 11.4. The first kappa shape index (κ1) is 14.3. The molecule has 1 aliphatic rings. The monoisotopic (exact) mass is 274 g/mol. The van der Waals surface area contributed by atoms with Crippen molar-refractivity contribution in [3.8, 4) is 0 Å². The SMILES string of the molecule is C[C@@H](O)Cc1ccc(NC2=CCCC=C2[N+](=O)[O-])cc1. The Morgan fingerprint density at radius 1 is 1.30 bits per heavy atom. The first-order chi connectivity index (χ1) is 9.56. The van der Waals surface area contributed by atoms with Crippen molar-refractivity contribution in [3.63, 3.8) is 0 Å². The zero-order valence-electron chi connectivity index (χ0n) is 11.4. The van der Waals surface area contributed by atoms with E-state index >= 15 is 0 Å². The molecular formula is C15H18N2O3. The van der Waals surface area contributed by atoms with Gasteiger partial charge in [0.15, 0.2) is 0 Å². The van der Waals surface area contributed by atoms with Gasteiger partial charge in [-0.3, -0.25) is 10.1 Å². The largest absolute Gasteiger partial charge is 0.393 e. The smallest absolute Gasteiger partial charge is 0.288 e. The van der Waals surface area contributed by atoms with Crippen molar-refractivity contribution in [1.29, 1.82) is 0 Å². The molecule has 5 heteroatoms. The van der Waals surface area contributed by atoms with Crippen LogP contribution < -0.4 is 5.32 Å². The Balaban J connectivity index is 2.08. The van der Waals surface area contributed by atoms with Crippen LogP contribution in [0, 0.1) is 10.1 Å². The van der Waals surface area contributed by atoms with Crippen LogP contribution in [0.4, 0.5) is 5.69 Å². The molecule has 0 saturated heterocycles. The van der Waals surface area contributed by atoms with Crippen LogP contribution in [-0.2, 0) is 6.42 Å². The molecule has 5 nitrogen and oxygen atoms in total. The van der Waals surface area contributed by atoms with Crippen molar-refractivity contribution in [2.75, 3.05) is 5.32 Å². The topological polar surface area (TPSA) is 75.4 Å². The molecule has 2 N–H and O–H groups in total. The van der Waals surface area contributed by atoms with Crippen molar-refractivity contribution in [2.45, 2.75) is 32.3 Å². The number of allylic oxidation sites excluding steroid dienone is 2. The number of nitro groups is 1. The second kappa shape index (κ2) is 6.34. The van der Waals surface area contributed by atoms with Crippen LogP contribution in [0.2, 0.25) is 0 Å². The van der Waals surface area contributed by atoms with Crippen molar-refractivity contribution in [2.24, 2.45) is 0 Å². The summed E-state index contributed by atoms with van der Waals surface area (Å²) in [6.45, 7) is 1.74. The van der Waals surface area contributed by atoms with Gasteiger partial charge in [-0.15, -0.1) is 0 Å². The summed E-state index contributed by atoms with van der Waals surface area (Å²) < 4.78 is 0. The van der Waals surface area contributed by atoms with E-state index in [2.05, 4.69) is 5.32 Å². The first-order valence-electron chi connectivity index (χ1n) is 6.65. The van der Waals surface area contributed by atoms with E-state index in [4.69, 9.17) is 0 Å². The van der Waals surface area contributed by atoms with Crippen molar-refractivity contribution in [1.82, 2.24) is 0 Å². The lowest BCUT2D eigenvalue weighted by Gasteiger charge is -2.13. The quantitative estimate of drug-likeness (QED) is 0.639. The molecule has 1 aromatic carbocycles. The summed E-state index contributed by atoms with van der Waals surface area (Å²) in [5.74, 6) is 0. The van der Waals surface area contributed by atoms with Crippen LogP contribution in [0.3, 0.4) is 0 Å². The highest BCUT2D eigenvalue weighted by Crippen LogP contribution is 2.22. The van der Waals surface area contributed by atoms with Crippen LogP contribution >= 0.6 is 0 Å². The van der Waals surface area contributed by atoms with Gasteiger partial charge in [-0.05, 0) is 50.0 Å². The number of hydrogen-bond acceptors (Lipinski definition) is 4. The van der Waals surface area contributed by atoms with Crippen LogP contribution in [0.25, 0.3) is 0 Å². The predicted molar refractivity (Wildman–Crippen MR) is 77.8 cm³/mol. The fourth-order valence-electron chi connectivity index (χ4n) is 2.17. The number of benzene rings is 1. The molecule has 20 heavy (non-hydrogen) atoms. The van der Waals surface area contributed by atoms with E-state index < -0.39 is 0 Å². The number of hydrogen-bond donors (Lipinski definition) is 2. The summed E-state index contributed by atoms with van der Waals surface area (Å²) >= 11 is 0. The molecule has 0 heterocycles. The number of aliphatic hydroxyl groups excluding tert-OH is 1. The Hall–Kier alpha value is -2.14. The summed E-state index contributed by atoms with van der Waals surface area (Å²) in [6, 6.07) is 7.55. The molecule has 0 unspecified atom stereocenters. The summed E-state index contributed by atoms with van der Waals surface area (Å²) in [5.41, 5.74) is 2.52.